The van der Waals surface area contributed by atoms with E-state index in [0.29, 0.717) is 5.56 Å². The Kier molecular flexibility index (Phi) is 6.74. The zero-order valence-corrected chi connectivity index (χ0v) is 16.4. The lowest BCUT2D eigenvalue weighted by Gasteiger charge is -2.21. The number of carbonyl (C=O) groups is 1. The molecule has 0 radical (unpaired) electrons. The summed E-state index contributed by atoms with van der Waals surface area (Å²) in [6.45, 7) is 4.25. The average Bonchev–Trinajstić information content (AvgIpc) is 2.91. The first kappa shape index (κ1) is 21.1. The molecule has 1 aromatic carbocycles. The van der Waals surface area contributed by atoms with E-state index in [2.05, 4.69) is 27.1 Å². The van der Waals surface area contributed by atoms with Crippen molar-refractivity contribution in [1.29, 1.82) is 0 Å². The highest BCUT2D eigenvalue weighted by Gasteiger charge is 2.30. The van der Waals surface area contributed by atoms with Gasteiger partial charge >= 0.3 is 6.18 Å². The Balaban J connectivity index is 1.51. The molecule has 1 N–H and O–H groups in total. The number of nitrogens with one attached hydrogen (secondary N) is 1. The van der Waals surface area contributed by atoms with Gasteiger partial charge in [-0.2, -0.15) is 13.2 Å². The minimum atomic E-state index is -4.41. The number of amides is 1. The summed E-state index contributed by atoms with van der Waals surface area (Å²) in [5.41, 5.74) is 0.428. The lowest BCUT2D eigenvalue weighted by atomic mass is 10.1. The number of rotatable bonds is 5. The number of hydrogen-bond donors (Lipinski definition) is 1. The van der Waals surface area contributed by atoms with Crippen LogP contribution in [0, 0.1) is 0 Å². The predicted octanol–water partition coefficient (Wildman–Crippen LogP) is 3.10. The molecular weight excluding hydrogens is 381 g/mol. The molecule has 156 valence electrons. The van der Waals surface area contributed by atoms with E-state index >= 15 is 0 Å². The fraction of sp³-hybridized carbons (Fsp3) is 0.429. The Morgan fingerprint density at radius 1 is 1.10 bits per heavy atom. The van der Waals surface area contributed by atoms with Crippen LogP contribution >= 0.6 is 0 Å². The summed E-state index contributed by atoms with van der Waals surface area (Å²) >= 11 is 0. The molecule has 1 aliphatic heterocycles. The van der Waals surface area contributed by atoms with Gasteiger partial charge in [-0.05, 0) is 43.3 Å². The summed E-state index contributed by atoms with van der Waals surface area (Å²) in [5.74, 6) is 0.586. The van der Waals surface area contributed by atoms with Crippen LogP contribution in [0.2, 0.25) is 0 Å². The number of halogens is 3. The van der Waals surface area contributed by atoms with Crippen molar-refractivity contribution in [2.75, 3.05) is 38.1 Å². The van der Waals surface area contributed by atoms with Crippen LogP contribution in [0.5, 0.6) is 0 Å². The van der Waals surface area contributed by atoms with Crippen molar-refractivity contribution in [3.05, 3.63) is 59.3 Å². The molecule has 1 saturated heterocycles. The molecule has 0 saturated carbocycles. The van der Waals surface area contributed by atoms with Crippen molar-refractivity contribution in [3.63, 3.8) is 0 Å². The van der Waals surface area contributed by atoms with Gasteiger partial charge in [0.25, 0.3) is 0 Å². The number of likely N-dealkylation sites (N-methyl/N-ethyl adjacent to an activating group) is 1. The largest absolute Gasteiger partial charge is 0.416 e. The van der Waals surface area contributed by atoms with E-state index in [0.717, 1.165) is 56.1 Å². The van der Waals surface area contributed by atoms with Gasteiger partial charge in [-0.25, -0.2) is 4.98 Å². The van der Waals surface area contributed by atoms with E-state index in [9.17, 15) is 18.0 Å². The molecule has 1 fully saturated rings. The number of pyridine rings is 1. The van der Waals surface area contributed by atoms with Gasteiger partial charge in [0.05, 0.1) is 12.0 Å². The number of carbonyl (C=O) groups excluding carboxylic acids is 1. The summed E-state index contributed by atoms with van der Waals surface area (Å²) < 4.78 is 38.3. The third-order valence-electron chi connectivity index (χ3n) is 4.96. The zero-order chi connectivity index (χ0) is 20.9. The molecule has 0 atom stereocenters. The fourth-order valence-electron chi connectivity index (χ4n) is 3.29. The van der Waals surface area contributed by atoms with Gasteiger partial charge in [-0.3, -0.25) is 4.79 Å². The molecule has 0 aliphatic carbocycles. The Bertz CT molecular complexity index is 823. The van der Waals surface area contributed by atoms with Gasteiger partial charge in [0.15, 0.2) is 0 Å². The molecule has 29 heavy (non-hydrogen) atoms. The van der Waals surface area contributed by atoms with Crippen LogP contribution in [-0.2, 0) is 23.9 Å². The number of aromatic nitrogens is 1. The van der Waals surface area contributed by atoms with Crippen LogP contribution < -0.4 is 10.2 Å². The fourth-order valence-corrected chi connectivity index (χ4v) is 3.29. The second-order valence-electron chi connectivity index (χ2n) is 7.32. The Hall–Kier alpha value is -2.61. The minimum absolute atomic E-state index is 0.100. The minimum Gasteiger partial charge on any atom is -0.355 e. The van der Waals surface area contributed by atoms with Crippen molar-refractivity contribution in [2.45, 2.75) is 25.6 Å². The predicted molar refractivity (Wildman–Crippen MR) is 106 cm³/mol. The smallest absolute Gasteiger partial charge is 0.355 e. The van der Waals surface area contributed by atoms with Gasteiger partial charge in [-0.1, -0.05) is 24.3 Å². The highest BCUT2D eigenvalue weighted by atomic mass is 19.4. The number of anilines is 1. The third-order valence-corrected chi connectivity index (χ3v) is 4.96. The first-order chi connectivity index (χ1) is 13.8. The van der Waals surface area contributed by atoms with Crippen molar-refractivity contribution in [3.8, 4) is 0 Å². The van der Waals surface area contributed by atoms with Crippen molar-refractivity contribution in [2.24, 2.45) is 0 Å². The molecule has 0 bridgehead atoms. The summed E-state index contributed by atoms with van der Waals surface area (Å²) in [4.78, 5) is 21.2. The maximum absolute atomic E-state index is 12.8. The molecule has 2 heterocycles. The Morgan fingerprint density at radius 3 is 2.66 bits per heavy atom. The van der Waals surface area contributed by atoms with E-state index in [1.807, 2.05) is 12.1 Å². The second kappa shape index (κ2) is 9.26. The van der Waals surface area contributed by atoms with Crippen molar-refractivity contribution < 1.29 is 18.0 Å². The van der Waals surface area contributed by atoms with Gasteiger partial charge in [-0.15, -0.1) is 0 Å². The highest BCUT2D eigenvalue weighted by Crippen LogP contribution is 2.29. The molecule has 1 amide bonds. The van der Waals surface area contributed by atoms with Crippen LogP contribution in [-0.4, -0.2) is 49.0 Å². The van der Waals surface area contributed by atoms with Gasteiger partial charge in [0.1, 0.15) is 5.82 Å². The lowest BCUT2D eigenvalue weighted by molar-refractivity contribution is -0.137. The molecule has 1 aromatic heterocycles. The van der Waals surface area contributed by atoms with Gasteiger partial charge in [0, 0.05) is 32.4 Å². The van der Waals surface area contributed by atoms with Gasteiger partial charge in [0.2, 0.25) is 5.91 Å². The van der Waals surface area contributed by atoms with Crippen molar-refractivity contribution in [1.82, 2.24) is 15.2 Å². The Labute approximate surface area is 168 Å². The van der Waals surface area contributed by atoms with E-state index in [1.54, 1.807) is 6.20 Å². The van der Waals surface area contributed by atoms with Crippen LogP contribution in [0.1, 0.15) is 23.1 Å². The van der Waals surface area contributed by atoms with Crippen molar-refractivity contribution >= 4 is 11.7 Å². The summed E-state index contributed by atoms with van der Waals surface area (Å²) in [6, 6.07) is 8.70. The number of alkyl halides is 3. The monoisotopic (exact) mass is 406 g/mol. The average molecular weight is 406 g/mol. The van der Waals surface area contributed by atoms with Crippen LogP contribution in [0.3, 0.4) is 0 Å². The molecular formula is C21H25F3N4O. The quantitative estimate of drug-likeness (QED) is 0.829. The molecule has 2 aromatic rings. The number of benzene rings is 1. The summed E-state index contributed by atoms with van der Waals surface area (Å²) in [5, 5.41) is 2.74. The third kappa shape index (κ3) is 6.19. The Morgan fingerprint density at radius 2 is 1.93 bits per heavy atom. The van der Waals surface area contributed by atoms with E-state index in [4.69, 9.17) is 0 Å². The summed E-state index contributed by atoms with van der Waals surface area (Å²) in [6.07, 6.45) is -1.70. The van der Waals surface area contributed by atoms with E-state index in [1.165, 1.54) is 12.1 Å². The molecule has 5 nitrogen and oxygen atoms in total. The normalized spacial score (nSPS) is 15.8. The van der Waals surface area contributed by atoms with E-state index < -0.39 is 11.7 Å². The highest BCUT2D eigenvalue weighted by molar-refractivity contribution is 5.78. The van der Waals surface area contributed by atoms with Crippen LogP contribution in [0.25, 0.3) is 0 Å². The lowest BCUT2D eigenvalue weighted by Crippen LogP contribution is -2.29. The van der Waals surface area contributed by atoms with Gasteiger partial charge < -0.3 is 15.1 Å². The topological polar surface area (TPSA) is 48.5 Å². The summed E-state index contributed by atoms with van der Waals surface area (Å²) in [7, 11) is 2.11. The molecule has 1 aliphatic rings. The first-order valence-electron chi connectivity index (χ1n) is 9.62. The molecule has 0 unspecified atom stereocenters. The van der Waals surface area contributed by atoms with Crippen LogP contribution in [0.15, 0.2) is 42.6 Å². The molecule has 8 heteroatoms. The SMILES string of the molecule is CN1CCCN(c2ccc(CNC(=O)Cc3cccc(C(F)(F)F)c3)cn2)CC1. The number of nitrogens with zero attached hydrogens (tertiary/aromatic N) is 3. The second-order valence-corrected chi connectivity index (χ2v) is 7.32. The first-order valence-corrected chi connectivity index (χ1v) is 9.62. The number of hydrogen-bond acceptors (Lipinski definition) is 4. The zero-order valence-electron chi connectivity index (χ0n) is 16.4. The maximum Gasteiger partial charge on any atom is 0.416 e. The van der Waals surface area contributed by atoms with E-state index in [-0.39, 0.29) is 18.9 Å². The standard InChI is InChI=1S/C21H25F3N4O/c1-27-8-3-9-28(11-10-27)19-7-6-17(14-25-19)15-26-20(29)13-16-4-2-5-18(12-16)21(22,23)24/h2,4-7,12,14H,3,8-11,13,15H2,1H3,(H,26,29). The maximum atomic E-state index is 12.8. The molecule has 3 rings (SSSR count). The van der Waals surface area contributed by atoms with Crippen LogP contribution in [0.4, 0.5) is 19.0 Å². The molecule has 0 spiro atoms.